The molecule has 27 heavy (non-hydrogen) atoms. The Morgan fingerprint density at radius 3 is 2.44 bits per heavy atom. The first kappa shape index (κ1) is 20.4. The summed E-state index contributed by atoms with van der Waals surface area (Å²) in [6.07, 6.45) is 1.35. The van der Waals surface area contributed by atoms with E-state index in [1.54, 1.807) is 0 Å². The fourth-order valence-corrected chi connectivity index (χ4v) is 3.97. The Morgan fingerprint density at radius 2 is 1.93 bits per heavy atom. The molecular formula is C17H15ClN2O6S. The molecular weight excluding hydrogens is 396 g/mol. The molecule has 8 nitrogen and oxygen atoms in total. The van der Waals surface area contributed by atoms with E-state index in [4.69, 9.17) is 11.6 Å². The number of carbonyl (C=O) groups excluding carboxylic acids is 1. The van der Waals surface area contributed by atoms with Crippen LogP contribution in [0.3, 0.4) is 0 Å². The number of sulfonamides is 1. The Hall–Kier alpha value is -2.91. The molecule has 0 atom stereocenters. The molecule has 0 unspecified atom stereocenters. The molecule has 0 N–H and O–H groups in total. The lowest BCUT2D eigenvalue weighted by atomic mass is 10.2. The first-order chi connectivity index (χ1) is 12.7. The first-order valence-corrected chi connectivity index (χ1v) is 9.30. The van der Waals surface area contributed by atoms with E-state index in [0.29, 0.717) is 0 Å². The number of carbonyl (C=O) groups is 1. The van der Waals surface area contributed by atoms with Crippen molar-refractivity contribution in [1.29, 1.82) is 0 Å². The molecule has 142 valence electrons. The SMILES string of the molecule is C=CCN(c1cc(C(=O)OC)ccc1Cl)S(=O)(=O)c1ccc([N+](=O)[O-])cc1. The van der Waals surface area contributed by atoms with Gasteiger partial charge in [-0.05, 0) is 30.3 Å². The number of non-ortho nitro benzene ring substituents is 1. The molecule has 0 aliphatic carbocycles. The van der Waals surface area contributed by atoms with Gasteiger partial charge >= 0.3 is 5.97 Å². The lowest BCUT2D eigenvalue weighted by Crippen LogP contribution is -2.31. The molecule has 0 aromatic heterocycles. The second kappa shape index (κ2) is 8.19. The summed E-state index contributed by atoms with van der Waals surface area (Å²) in [6, 6.07) is 8.51. The summed E-state index contributed by atoms with van der Waals surface area (Å²) in [5, 5.41) is 10.9. The van der Waals surface area contributed by atoms with E-state index in [9.17, 15) is 23.3 Å². The maximum Gasteiger partial charge on any atom is 0.337 e. The molecule has 2 aromatic rings. The normalized spacial score (nSPS) is 10.9. The smallest absolute Gasteiger partial charge is 0.337 e. The van der Waals surface area contributed by atoms with Gasteiger partial charge in [-0.3, -0.25) is 14.4 Å². The molecule has 0 aliphatic rings. The van der Waals surface area contributed by atoms with Crippen LogP contribution in [0.15, 0.2) is 60.0 Å². The molecule has 2 rings (SSSR count). The minimum absolute atomic E-state index is 0.0535. The number of esters is 1. The Kier molecular flexibility index (Phi) is 6.19. The largest absolute Gasteiger partial charge is 0.465 e. The van der Waals surface area contributed by atoms with E-state index in [0.717, 1.165) is 28.6 Å². The Labute approximate surface area is 160 Å². The molecule has 0 heterocycles. The number of nitrogens with zero attached hydrogens (tertiary/aromatic N) is 2. The number of methoxy groups -OCH3 is 1. The molecule has 0 saturated carbocycles. The number of hydrogen-bond donors (Lipinski definition) is 0. The highest BCUT2D eigenvalue weighted by Crippen LogP contribution is 2.32. The van der Waals surface area contributed by atoms with Gasteiger partial charge in [-0.1, -0.05) is 17.7 Å². The molecule has 0 spiro atoms. The molecule has 10 heteroatoms. The predicted molar refractivity (Wildman–Crippen MR) is 101 cm³/mol. The summed E-state index contributed by atoms with van der Waals surface area (Å²) in [4.78, 5) is 21.7. The minimum Gasteiger partial charge on any atom is -0.465 e. The van der Waals surface area contributed by atoms with Crippen molar-refractivity contribution in [2.45, 2.75) is 4.90 Å². The topological polar surface area (TPSA) is 107 Å². The average Bonchev–Trinajstić information content (AvgIpc) is 2.66. The number of benzene rings is 2. The van der Waals surface area contributed by atoms with Crippen LogP contribution >= 0.6 is 11.6 Å². The monoisotopic (exact) mass is 410 g/mol. The Bertz CT molecular complexity index is 989. The summed E-state index contributed by atoms with van der Waals surface area (Å²) < 4.78 is 31.7. The van der Waals surface area contributed by atoms with Crippen molar-refractivity contribution in [3.05, 3.63) is 75.8 Å². The first-order valence-electron chi connectivity index (χ1n) is 7.48. The van der Waals surface area contributed by atoms with Crippen LogP contribution in [-0.2, 0) is 14.8 Å². The maximum atomic E-state index is 13.0. The molecule has 0 aliphatic heterocycles. The fourth-order valence-electron chi connectivity index (χ4n) is 2.26. The number of anilines is 1. The van der Waals surface area contributed by atoms with Gasteiger partial charge in [0.25, 0.3) is 15.7 Å². The van der Waals surface area contributed by atoms with Crippen LogP contribution < -0.4 is 4.31 Å². The van der Waals surface area contributed by atoms with E-state index in [1.807, 2.05) is 0 Å². The molecule has 0 saturated heterocycles. The zero-order valence-corrected chi connectivity index (χ0v) is 15.7. The third kappa shape index (κ3) is 4.26. The second-order valence-corrected chi connectivity index (χ2v) is 7.50. The highest BCUT2D eigenvalue weighted by Gasteiger charge is 2.27. The van der Waals surface area contributed by atoms with Gasteiger partial charge in [0, 0.05) is 12.1 Å². The standard InChI is InChI=1S/C17H15ClN2O6S/c1-3-10-19(16-11-12(17(21)26-2)4-9-15(16)18)27(24,25)14-7-5-13(6-8-14)20(22)23/h3-9,11H,1,10H2,2H3. The number of hydrogen-bond acceptors (Lipinski definition) is 6. The molecule has 2 aromatic carbocycles. The van der Waals surface area contributed by atoms with E-state index >= 15 is 0 Å². The lowest BCUT2D eigenvalue weighted by Gasteiger charge is -2.24. The molecule has 0 radical (unpaired) electrons. The van der Waals surface area contributed by atoms with Gasteiger partial charge in [0.1, 0.15) is 0 Å². The molecule has 0 bridgehead atoms. The van der Waals surface area contributed by atoms with Crippen molar-refractivity contribution >= 4 is 39.0 Å². The van der Waals surface area contributed by atoms with Crippen molar-refractivity contribution in [3.8, 4) is 0 Å². The van der Waals surface area contributed by atoms with Crippen molar-refractivity contribution in [2.24, 2.45) is 0 Å². The van der Waals surface area contributed by atoms with Gasteiger partial charge in [-0.25, -0.2) is 13.2 Å². The number of ether oxygens (including phenoxy) is 1. The highest BCUT2D eigenvalue weighted by molar-refractivity contribution is 7.92. The fraction of sp³-hybridized carbons (Fsp3) is 0.118. The van der Waals surface area contributed by atoms with Crippen molar-refractivity contribution in [2.75, 3.05) is 18.0 Å². The van der Waals surface area contributed by atoms with E-state index in [2.05, 4.69) is 11.3 Å². The van der Waals surface area contributed by atoms with Crippen LogP contribution in [0.5, 0.6) is 0 Å². The van der Waals surface area contributed by atoms with Gasteiger partial charge in [-0.2, -0.15) is 0 Å². The van der Waals surface area contributed by atoms with Gasteiger partial charge in [0.05, 0.1) is 39.7 Å². The van der Waals surface area contributed by atoms with Crippen molar-refractivity contribution in [3.63, 3.8) is 0 Å². The zero-order valence-electron chi connectivity index (χ0n) is 14.2. The van der Waals surface area contributed by atoms with Crippen LogP contribution in [0, 0.1) is 10.1 Å². The quantitative estimate of drug-likeness (QED) is 0.299. The van der Waals surface area contributed by atoms with E-state index < -0.39 is 20.9 Å². The summed E-state index contributed by atoms with van der Waals surface area (Å²) in [7, 11) is -2.93. The Morgan fingerprint density at radius 1 is 1.30 bits per heavy atom. The number of halogens is 1. The Balaban J connectivity index is 2.57. The summed E-state index contributed by atoms with van der Waals surface area (Å²) >= 11 is 6.15. The second-order valence-electron chi connectivity index (χ2n) is 5.23. The predicted octanol–water partition coefficient (Wildman–Crippen LogP) is 3.42. The lowest BCUT2D eigenvalue weighted by molar-refractivity contribution is -0.384. The van der Waals surface area contributed by atoms with Gasteiger partial charge in [0.2, 0.25) is 0 Å². The zero-order chi connectivity index (χ0) is 20.2. The minimum atomic E-state index is -4.13. The van der Waals surface area contributed by atoms with Crippen LogP contribution in [0.25, 0.3) is 0 Å². The van der Waals surface area contributed by atoms with Crippen LogP contribution in [0.2, 0.25) is 5.02 Å². The molecule has 0 amide bonds. The van der Waals surface area contributed by atoms with Crippen molar-refractivity contribution < 1.29 is 22.9 Å². The van der Waals surface area contributed by atoms with E-state index in [-0.39, 0.29) is 33.4 Å². The average molecular weight is 411 g/mol. The van der Waals surface area contributed by atoms with E-state index in [1.165, 1.54) is 31.4 Å². The number of rotatable bonds is 7. The third-order valence-corrected chi connectivity index (χ3v) is 5.68. The third-order valence-electron chi connectivity index (χ3n) is 3.57. The summed E-state index contributed by atoms with van der Waals surface area (Å²) in [6.45, 7) is 3.41. The number of nitro benzene ring substituents is 1. The van der Waals surface area contributed by atoms with Crippen LogP contribution in [0.1, 0.15) is 10.4 Å². The van der Waals surface area contributed by atoms with Crippen LogP contribution in [-0.4, -0.2) is 33.0 Å². The van der Waals surface area contributed by atoms with Crippen molar-refractivity contribution in [1.82, 2.24) is 0 Å². The molecule has 0 fully saturated rings. The highest BCUT2D eigenvalue weighted by atomic mass is 35.5. The maximum absolute atomic E-state index is 13.0. The number of nitro groups is 1. The summed E-state index contributed by atoms with van der Waals surface area (Å²) in [5.74, 6) is -0.654. The van der Waals surface area contributed by atoms with Gasteiger partial charge in [-0.15, -0.1) is 6.58 Å². The van der Waals surface area contributed by atoms with Gasteiger partial charge in [0.15, 0.2) is 0 Å². The van der Waals surface area contributed by atoms with Crippen LogP contribution in [0.4, 0.5) is 11.4 Å². The summed E-state index contributed by atoms with van der Waals surface area (Å²) in [5.41, 5.74) is -0.0716. The van der Waals surface area contributed by atoms with Gasteiger partial charge < -0.3 is 4.74 Å².